The van der Waals surface area contributed by atoms with E-state index in [9.17, 15) is 4.79 Å². The first-order chi connectivity index (χ1) is 13.0. The third-order valence-electron chi connectivity index (χ3n) is 5.17. The Kier molecular flexibility index (Phi) is 5.74. The standard InChI is InChI=1S/C21H27N5O/c1-14-8-10-24-12-18(14)16-4-6-17(7-5-16)25-21(22)19-13-26(15(2)27)11-9-20(19)23-3/h4-6,8,10,12,17,23H,7,9,11,13H2,1-3H3,(H2,22,25). The van der Waals surface area contributed by atoms with E-state index >= 15 is 0 Å². The zero-order valence-corrected chi connectivity index (χ0v) is 16.2. The first kappa shape index (κ1) is 18.9. The van der Waals surface area contributed by atoms with Crippen LogP contribution >= 0.6 is 0 Å². The number of carbonyl (C=O) groups is 1. The minimum absolute atomic E-state index is 0.0485. The molecule has 1 unspecified atom stereocenters. The van der Waals surface area contributed by atoms with E-state index in [1.807, 2.05) is 19.3 Å². The summed E-state index contributed by atoms with van der Waals surface area (Å²) in [5.74, 6) is 0.432. The molecule has 3 rings (SSSR count). The molecular weight excluding hydrogens is 338 g/mol. The molecule has 142 valence electrons. The van der Waals surface area contributed by atoms with Crippen molar-refractivity contribution in [1.82, 2.24) is 20.5 Å². The van der Waals surface area contributed by atoms with Crippen LogP contribution in [-0.2, 0) is 4.79 Å². The monoisotopic (exact) mass is 365 g/mol. The number of nitrogens with zero attached hydrogens (tertiary/aromatic N) is 2. The van der Waals surface area contributed by atoms with Gasteiger partial charge in [-0.05, 0) is 30.5 Å². The highest BCUT2D eigenvalue weighted by Crippen LogP contribution is 2.24. The highest BCUT2D eigenvalue weighted by atomic mass is 16.2. The van der Waals surface area contributed by atoms with Gasteiger partial charge in [-0.15, -0.1) is 0 Å². The minimum Gasteiger partial charge on any atom is -0.391 e. The van der Waals surface area contributed by atoms with Gasteiger partial charge in [0.2, 0.25) is 5.91 Å². The Hall–Kier alpha value is -2.89. The molecule has 27 heavy (non-hydrogen) atoms. The lowest BCUT2D eigenvalue weighted by molar-refractivity contribution is -0.128. The van der Waals surface area contributed by atoms with Crippen LogP contribution in [0.25, 0.3) is 5.57 Å². The molecule has 0 spiro atoms. The summed E-state index contributed by atoms with van der Waals surface area (Å²) >= 11 is 0. The molecule has 2 aliphatic rings. The van der Waals surface area contributed by atoms with Crippen LogP contribution in [0.4, 0.5) is 0 Å². The molecule has 3 N–H and O–H groups in total. The van der Waals surface area contributed by atoms with Crippen LogP contribution in [0.2, 0.25) is 0 Å². The molecule has 0 bridgehead atoms. The molecule has 2 heterocycles. The van der Waals surface area contributed by atoms with Crippen molar-refractivity contribution in [2.45, 2.75) is 32.7 Å². The molecule has 0 saturated carbocycles. The largest absolute Gasteiger partial charge is 0.391 e. The maximum absolute atomic E-state index is 11.7. The number of amidine groups is 1. The molecule has 6 heteroatoms. The van der Waals surface area contributed by atoms with E-state index < -0.39 is 0 Å². The molecule has 0 fully saturated rings. The predicted octanol–water partition coefficient (Wildman–Crippen LogP) is 2.39. The molecule has 1 aliphatic carbocycles. The summed E-state index contributed by atoms with van der Waals surface area (Å²) in [6, 6.07) is 2.08. The Morgan fingerprint density at radius 3 is 2.85 bits per heavy atom. The first-order valence-corrected chi connectivity index (χ1v) is 9.29. The lowest BCUT2D eigenvalue weighted by Gasteiger charge is -2.31. The number of hydrogen-bond donors (Lipinski definition) is 3. The van der Waals surface area contributed by atoms with E-state index in [0.717, 1.165) is 29.7 Å². The third-order valence-corrected chi connectivity index (χ3v) is 5.17. The van der Waals surface area contributed by atoms with Crippen molar-refractivity contribution in [3.05, 3.63) is 59.1 Å². The molecule has 1 atom stereocenters. The molecule has 0 radical (unpaired) electrons. The fourth-order valence-corrected chi connectivity index (χ4v) is 3.50. The Balaban J connectivity index is 1.67. The van der Waals surface area contributed by atoms with E-state index in [0.29, 0.717) is 18.9 Å². The van der Waals surface area contributed by atoms with Gasteiger partial charge in [0.1, 0.15) is 5.84 Å². The predicted molar refractivity (Wildman–Crippen MR) is 108 cm³/mol. The van der Waals surface area contributed by atoms with Crippen molar-refractivity contribution in [3.63, 3.8) is 0 Å². The van der Waals surface area contributed by atoms with Crippen LogP contribution in [0.15, 0.2) is 48.0 Å². The average Bonchev–Trinajstić information content (AvgIpc) is 2.68. The number of aryl methyl sites for hydroxylation is 1. The summed E-state index contributed by atoms with van der Waals surface area (Å²) in [4.78, 5) is 17.7. The SMILES string of the molecule is CNC1=C(C(=N)NC2C=CC(c3cnccc3C)=CC2)CN(C(C)=O)CC1. The van der Waals surface area contributed by atoms with Gasteiger partial charge in [-0.25, -0.2) is 0 Å². The molecule has 1 amide bonds. The van der Waals surface area contributed by atoms with Gasteiger partial charge in [-0.2, -0.15) is 0 Å². The summed E-state index contributed by atoms with van der Waals surface area (Å²) in [5, 5.41) is 15.0. The molecule has 1 aromatic rings. The van der Waals surface area contributed by atoms with E-state index in [1.54, 1.807) is 18.0 Å². The Labute approximate surface area is 160 Å². The van der Waals surface area contributed by atoms with Crippen molar-refractivity contribution < 1.29 is 4.79 Å². The van der Waals surface area contributed by atoms with E-state index in [2.05, 4.69) is 40.8 Å². The molecular formula is C21H27N5O. The van der Waals surface area contributed by atoms with Gasteiger partial charge in [-0.1, -0.05) is 18.2 Å². The van der Waals surface area contributed by atoms with Gasteiger partial charge in [0.05, 0.1) is 6.54 Å². The summed E-state index contributed by atoms with van der Waals surface area (Å²) in [5.41, 5.74) is 5.42. The van der Waals surface area contributed by atoms with Gasteiger partial charge < -0.3 is 15.5 Å². The van der Waals surface area contributed by atoms with E-state index in [4.69, 9.17) is 5.41 Å². The Morgan fingerprint density at radius 2 is 2.22 bits per heavy atom. The molecule has 1 aromatic heterocycles. The van der Waals surface area contributed by atoms with Crippen LogP contribution in [0, 0.1) is 12.3 Å². The van der Waals surface area contributed by atoms with E-state index in [-0.39, 0.29) is 11.9 Å². The molecule has 1 aliphatic heterocycles. The molecule has 0 aromatic carbocycles. The van der Waals surface area contributed by atoms with Crippen molar-refractivity contribution in [1.29, 1.82) is 5.41 Å². The number of rotatable bonds is 4. The number of nitrogens with one attached hydrogen (secondary N) is 3. The lowest BCUT2D eigenvalue weighted by Crippen LogP contribution is -2.43. The van der Waals surface area contributed by atoms with Crippen LogP contribution in [0.5, 0.6) is 0 Å². The Bertz CT molecular complexity index is 837. The highest BCUT2D eigenvalue weighted by molar-refractivity contribution is 5.98. The second-order valence-electron chi connectivity index (χ2n) is 6.97. The van der Waals surface area contributed by atoms with Crippen molar-refractivity contribution >= 4 is 17.3 Å². The normalized spacial score (nSPS) is 19.6. The maximum Gasteiger partial charge on any atom is 0.219 e. The number of allylic oxidation sites excluding steroid dienone is 2. The quantitative estimate of drug-likeness (QED) is 0.565. The van der Waals surface area contributed by atoms with Gasteiger partial charge in [0, 0.05) is 62.2 Å². The lowest BCUT2D eigenvalue weighted by atomic mass is 9.95. The maximum atomic E-state index is 11.7. The summed E-state index contributed by atoms with van der Waals surface area (Å²) in [7, 11) is 1.87. The zero-order chi connectivity index (χ0) is 19.4. The van der Waals surface area contributed by atoms with E-state index in [1.165, 1.54) is 11.1 Å². The fraction of sp³-hybridized carbons (Fsp3) is 0.381. The summed E-state index contributed by atoms with van der Waals surface area (Å²) in [6.45, 7) is 4.84. The number of hydrogen-bond acceptors (Lipinski definition) is 4. The average molecular weight is 365 g/mol. The number of pyridine rings is 1. The van der Waals surface area contributed by atoms with Crippen LogP contribution in [0.1, 0.15) is 30.9 Å². The van der Waals surface area contributed by atoms with Crippen LogP contribution < -0.4 is 10.6 Å². The summed E-state index contributed by atoms with van der Waals surface area (Å²) in [6.07, 6.45) is 11.6. The molecule has 0 saturated heterocycles. The number of amides is 1. The smallest absolute Gasteiger partial charge is 0.219 e. The topological polar surface area (TPSA) is 81.1 Å². The van der Waals surface area contributed by atoms with Gasteiger partial charge in [0.15, 0.2) is 0 Å². The third kappa shape index (κ3) is 4.27. The molecule has 6 nitrogen and oxygen atoms in total. The Morgan fingerprint density at radius 1 is 1.41 bits per heavy atom. The summed E-state index contributed by atoms with van der Waals surface area (Å²) < 4.78 is 0. The van der Waals surface area contributed by atoms with Crippen molar-refractivity contribution in [3.8, 4) is 0 Å². The second-order valence-corrected chi connectivity index (χ2v) is 6.97. The minimum atomic E-state index is 0.0485. The highest BCUT2D eigenvalue weighted by Gasteiger charge is 2.24. The van der Waals surface area contributed by atoms with Gasteiger partial charge >= 0.3 is 0 Å². The second kappa shape index (κ2) is 8.20. The first-order valence-electron chi connectivity index (χ1n) is 9.29. The van der Waals surface area contributed by atoms with Gasteiger partial charge in [-0.3, -0.25) is 15.2 Å². The van der Waals surface area contributed by atoms with Crippen molar-refractivity contribution in [2.24, 2.45) is 0 Å². The zero-order valence-electron chi connectivity index (χ0n) is 16.2. The number of aromatic nitrogens is 1. The van der Waals surface area contributed by atoms with Crippen LogP contribution in [-0.4, -0.2) is 47.8 Å². The van der Waals surface area contributed by atoms with Gasteiger partial charge in [0.25, 0.3) is 0 Å². The van der Waals surface area contributed by atoms with Crippen molar-refractivity contribution in [2.75, 3.05) is 20.1 Å². The fourth-order valence-electron chi connectivity index (χ4n) is 3.50. The number of carbonyl (C=O) groups excluding carboxylic acids is 1. The van der Waals surface area contributed by atoms with Crippen LogP contribution in [0.3, 0.4) is 0 Å².